The van der Waals surface area contributed by atoms with Crippen LogP contribution in [0.5, 0.6) is 11.5 Å². The van der Waals surface area contributed by atoms with Gasteiger partial charge in [-0.3, -0.25) is 0 Å². The number of benzene rings is 2. The number of hydrogen-bond donors (Lipinski definition) is 0. The second-order valence-electron chi connectivity index (χ2n) is 3.67. The maximum Gasteiger partial charge on any atom is 0.419 e. The molecule has 2 aromatic carbocycles. The van der Waals surface area contributed by atoms with E-state index in [0.717, 1.165) is 5.30 Å². The molecule has 3 nitrogen and oxygen atoms in total. The van der Waals surface area contributed by atoms with Crippen molar-refractivity contribution in [2.75, 3.05) is 14.2 Å². The predicted octanol–water partition coefficient (Wildman–Crippen LogP) is 2.48. The van der Waals surface area contributed by atoms with Crippen molar-refractivity contribution in [3.8, 4) is 11.5 Å². The lowest BCUT2D eigenvalue weighted by Gasteiger charge is -2.03. The summed E-state index contributed by atoms with van der Waals surface area (Å²) in [7, 11) is 1.51. The molecule has 0 aromatic heterocycles. The molecule has 0 amide bonds. The van der Waals surface area contributed by atoms with Gasteiger partial charge >= 0.3 is 7.80 Å². The molecule has 4 heteroatoms. The van der Waals surface area contributed by atoms with Crippen LogP contribution in [0.1, 0.15) is 0 Å². The molecule has 0 aliphatic heterocycles. The molecule has 0 spiro atoms. The summed E-state index contributed by atoms with van der Waals surface area (Å²) in [5, 5.41) is 1.47. The molecule has 1 unspecified atom stereocenters. The molecular weight excluding hydrogens is 247 g/mol. The van der Waals surface area contributed by atoms with Crippen LogP contribution in [0.2, 0.25) is 0 Å². The van der Waals surface area contributed by atoms with E-state index in [1.165, 1.54) is 0 Å². The molecule has 0 fully saturated rings. The normalized spacial score (nSPS) is 10.9. The first kappa shape index (κ1) is 12.6. The monoisotopic (exact) mass is 261 g/mol. The van der Waals surface area contributed by atoms with Gasteiger partial charge in [0.15, 0.2) is 11.1 Å². The SMILES string of the molecule is COc1ccc([P+](=O)c2ccccc2)c(OC)c1. The molecular formula is C14H14O3P+. The summed E-state index contributed by atoms with van der Waals surface area (Å²) in [5.41, 5.74) is 0. The summed E-state index contributed by atoms with van der Waals surface area (Å²) in [5.74, 6) is 1.27. The molecule has 2 aromatic rings. The number of ether oxygens (including phenoxy) is 2. The fraction of sp³-hybridized carbons (Fsp3) is 0.143. The first-order valence-corrected chi connectivity index (χ1v) is 6.76. The molecule has 2 rings (SSSR count). The Morgan fingerprint density at radius 2 is 1.67 bits per heavy atom. The zero-order valence-electron chi connectivity index (χ0n) is 10.3. The molecule has 0 N–H and O–H groups in total. The van der Waals surface area contributed by atoms with Crippen LogP contribution in [-0.2, 0) is 4.57 Å². The molecule has 92 valence electrons. The van der Waals surface area contributed by atoms with Crippen molar-refractivity contribution in [2.24, 2.45) is 0 Å². The molecule has 0 bridgehead atoms. The summed E-state index contributed by atoms with van der Waals surface area (Å²) in [6, 6.07) is 14.7. The van der Waals surface area contributed by atoms with Gasteiger partial charge in [-0.15, -0.1) is 0 Å². The zero-order valence-corrected chi connectivity index (χ0v) is 11.2. The van der Waals surface area contributed by atoms with E-state index in [0.29, 0.717) is 16.8 Å². The molecule has 0 aliphatic carbocycles. The lowest BCUT2D eigenvalue weighted by Crippen LogP contribution is -2.09. The van der Waals surface area contributed by atoms with Crippen molar-refractivity contribution < 1.29 is 14.0 Å². The summed E-state index contributed by atoms with van der Waals surface area (Å²) >= 11 is 0. The van der Waals surface area contributed by atoms with Crippen LogP contribution in [-0.4, -0.2) is 14.2 Å². The van der Waals surface area contributed by atoms with Gasteiger partial charge in [0, 0.05) is 6.07 Å². The van der Waals surface area contributed by atoms with Crippen LogP contribution < -0.4 is 20.1 Å². The predicted molar refractivity (Wildman–Crippen MR) is 72.9 cm³/mol. The second kappa shape index (κ2) is 5.65. The first-order valence-electron chi connectivity index (χ1n) is 5.50. The Hall–Kier alpha value is -1.86. The minimum absolute atomic E-state index is 0.583. The third kappa shape index (κ3) is 2.52. The highest BCUT2D eigenvalue weighted by molar-refractivity contribution is 7.61. The Labute approximate surface area is 107 Å². The smallest absolute Gasteiger partial charge is 0.419 e. The van der Waals surface area contributed by atoms with Gasteiger partial charge in [0.25, 0.3) is 0 Å². The van der Waals surface area contributed by atoms with Crippen molar-refractivity contribution in [3.05, 3.63) is 48.5 Å². The average Bonchev–Trinajstić information content (AvgIpc) is 2.46. The quantitative estimate of drug-likeness (QED) is 0.793. The van der Waals surface area contributed by atoms with Crippen LogP contribution in [0.25, 0.3) is 0 Å². The van der Waals surface area contributed by atoms with Gasteiger partial charge in [0.2, 0.25) is 5.30 Å². The van der Waals surface area contributed by atoms with Gasteiger partial charge in [-0.1, -0.05) is 22.8 Å². The topological polar surface area (TPSA) is 35.5 Å². The van der Waals surface area contributed by atoms with E-state index in [1.54, 1.807) is 32.4 Å². The van der Waals surface area contributed by atoms with Gasteiger partial charge in [-0.2, -0.15) is 0 Å². The molecule has 0 heterocycles. The van der Waals surface area contributed by atoms with E-state index in [9.17, 15) is 4.57 Å². The highest BCUT2D eigenvalue weighted by Gasteiger charge is 2.27. The van der Waals surface area contributed by atoms with E-state index in [-0.39, 0.29) is 0 Å². The van der Waals surface area contributed by atoms with E-state index in [1.807, 2.05) is 30.3 Å². The highest BCUT2D eigenvalue weighted by Crippen LogP contribution is 2.28. The minimum Gasteiger partial charge on any atom is -0.497 e. The Morgan fingerprint density at radius 3 is 2.28 bits per heavy atom. The number of hydrogen-bond acceptors (Lipinski definition) is 3. The van der Waals surface area contributed by atoms with Crippen molar-refractivity contribution in [3.63, 3.8) is 0 Å². The molecule has 0 saturated carbocycles. The number of rotatable bonds is 4. The molecule has 0 radical (unpaired) electrons. The van der Waals surface area contributed by atoms with Crippen LogP contribution in [0.3, 0.4) is 0 Å². The van der Waals surface area contributed by atoms with Crippen LogP contribution >= 0.6 is 7.80 Å². The summed E-state index contributed by atoms with van der Waals surface area (Å²) < 4.78 is 22.8. The van der Waals surface area contributed by atoms with Crippen LogP contribution in [0.15, 0.2) is 48.5 Å². The Bertz CT molecular complexity index is 552. The third-order valence-corrected chi connectivity index (χ3v) is 4.17. The molecule has 1 atom stereocenters. The van der Waals surface area contributed by atoms with Crippen molar-refractivity contribution in [1.29, 1.82) is 0 Å². The zero-order chi connectivity index (χ0) is 13.0. The van der Waals surface area contributed by atoms with E-state index in [2.05, 4.69) is 0 Å². The van der Waals surface area contributed by atoms with Gasteiger partial charge in [0.1, 0.15) is 5.75 Å². The Kier molecular flexibility index (Phi) is 3.96. The fourth-order valence-electron chi connectivity index (χ4n) is 1.66. The van der Waals surface area contributed by atoms with E-state index in [4.69, 9.17) is 9.47 Å². The first-order chi connectivity index (χ1) is 8.76. The van der Waals surface area contributed by atoms with Crippen LogP contribution in [0.4, 0.5) is 0 Å². The number of methoxy groups -OCH3 is 2. The standard InChI is InChI=1S/C14H14O3P/c1-16-11-8-9-14(13(10-11)17-2)18(15)12-6-4-3-5-7-12/h3-10H,1-2H3/q+1. The summed E-state index contributed by atoms with van der Waals surface area (Å²) in [4.78, 5) is 0. The van der Waals surface area contributed by atoms with E-state index < -0.39 is 7.80 Å². The van der Waals surface area contributed by atoms with Crippen molar-refractivity contribution >= 4 is 18.4 Å². The lowest BCUT2D eigenvalue weighted by atomic mass is 10.3. The van der Waals surface area contributed by atoms with Crippen molar-refractivity contribution in [1.82, 2.24) is 0 Å². The largest absolute Gasteiger partial charge is 0.497 e. The van der Waals surface area contributed by atoms with E-state index >= 15 is 0 Å². The molecule has 18 heavy (non-hydrogen) atoms. The highest BCUT2D eigenvalue weighted by atomic mass is 31.1. The van der Waals surface area contributed by atoms with Crippen LogP contribution in [0, 0.1) is 0 Å². The van der Waals surface area contributed by atoms with Gasteiger partial charge in [-0.25, -0.2) is 0 Å². The maximum absolute atomic E-state index is 12.5. The Balaban J connectivity index is 2.42. The summed E-state index contributed by atoms with van der Waals surface area (Å²) in [6.45, 7) is 0. The average molecular weight is 261 g/mol. The molecule has 0 saturated heterocycles. The fourth-order valence-corrected chi connectivity index (χ4v) is 2.94. The lowest BCUT2D eigenvalue weighted by molar-refractivity contribution is 0.396. The van der Waals surface area contributed by atoms with Gasteiger partial charge in [-0.05, 0) is 24.3 Å². The van der Waals surface area contributed by atoms with Gasteiger partial charge in [0.05, 0.1) is 14.2 Å². The molecule has 0 aliphatic rings. The maximum atomic E-state index is 12.5. The van der Waals surface area contributed by atoms with Gasteiger partial charge < -0.3 is 9.47 Å². The minimum atomic E-state index is -1.65. The Morgan fingerprint density at radius 1 is 0.944 bits per heavy atom. The van der Waals surface area contributed by atoms with Crippen molar-refractivity contribution in [2.45, 2.75) is 0 Å². The third-order valence-electron chi connectivity index (χ3n) is 2.60. The summed E-state index contributed by atoms with van der Waals surface area (Å²) in [6.07, 6.45) is 0. The second-order valence-corrected chi connectivity index (χ2v) is 5.25.